The largest absolute Gasteiger partial charge is 0.491 e. The van der Waals surface area contributed by atoms with E-state index in [1.54, 1.807) is 17.4 Å². The van der Waals surface area contributed by atoms with Crippen LogP contribution in [0.2, 0.25) is 5.02 Å². The molecule has 0 spiro atoms. The van der Waals surface area contributed by atoms with Crippen LogP contribution in [0.25, 0.3) is 0 Å². The quantitative estimate of drug-likeness (QED) is 0.783. The number of aliphatic hydroxyl groups is 2. The van der Waals surface area contributed by atoms with E-state index in [1.807, 2.05) is 12.1 Å². The summed E-state index contributed by atoms with van der Waals surface area (Å²) in [6.07, 6.45) is 3.06. The van der Waals surface area contributed by atoms with Crippen molar-refractivity contribution in [2.45, 2.75) is 50.9 Å². The molecule has 2 heterocycles. The molecule has 3 rings (SSSR count). The van der Waals surface area contributed by atoms with E-state index in [9.17, 15) is 10.2 Å². The van der Waals surface area contributed by atoms with Gasteiger partial charge in [-0.2, -0.15) is 0 Å². The van der Waals surface area contributed by atoms with Gasteiger partial charge in [0.25, 0.3) is 0 Å². The van der Waals surface area contributed by atoms with E-state index in [1.165, 1.54) is 4.88 Å². The molecule has 0 bridgehead atoms. The Morgan fingerprint density at radius 1 is 1.11 bits per heavy atom. The van der Waals surface area contributed by atoms with Crippen LogP contribution in [0.1, 0.15) is 36.1 Å². The Bertz CT molecular complexity index is 695. The van der Waals surface area contributed by atoms with E-state index in [2.05, 4.69) is 22.4 Å². The molecule has 0 saturated heterocycles. The molecule has 2 N–H and O–H groups in total. The lowest BCUT2D eigenvalue weighted by molar-refractivity contribution is -0.0162. The van der Waals surface area contributed by atoms with Gasteiger partial charge in [-0.05, 0) is 67.4 Å². The van der Waals surface area contributed by atoms with Gasteiger partial charge in [0.15, 0.2) is 0 Å². The van der Waals surface area contributed by atoms with Crippen molar-refractivity contribution in [1.82, 2.24) is 4.90 Å². The van der Waals surface area contributed by atoms with Gasteiger partial charge in [0.1, 0.15) is 18.5 Å². The van der Waals surface area contributed by atoms with Crippen molar-refractivity contribution in [3.05, 3.63) is 51.2 Å². The maximum absolute atomic E-state index is 10.3. The minimum atomic E-state index is -0.903. The summed E-state index contributed by atoms with van der Waals surface area (Å²) in [6.45, 7) is 2.75. The van der Waals surface area contributed by atoms with Crippen molar-refractivity contribution >= 4 is 22.9 Å². The highest BCUT2D eigenvalue weighted by molar-refractivity contribution is 7.09. The highest BCUT2D eigenvalue weighted by Crippen LogP contribution is 2.25. The SMILES string of the molecule is O[C@@H]1COc2ccc(Cl)cc2CCCCCN(Cc2cccs2)CC[C@@H]1O. The highest BCUT2D eigenvalue weighted by Gasteiger charge is 2.20. The first kappa shape index (κ1) is 20.6. The number of aryl methyl sites for hydroxylation is 1. The number of benzene rings is 1. The van der Waals surface area contributed by atoms with Gasteiger partial charge in [-0.3, -0.25) is 4.90 Å². The first-order valence-corrected chi connectivity index (χ1v) is 10.9. The number of fused-ring (bicyclic) bond motifs is 1. The molecule has 1 aromatic heterocycles. The molecular weight excluding hydrogens is 382 g/mol. The predicted octanol–water partition coefficient (Wildman–Crippen LogP) is 4.12. The van der Waals surface area contributed by atoms with E-state index in [0.29, 0.717) is 11.4 Å². The molecular formula is C21H28ClNO3S. The number of thiophene rings is 1. The van der Waals surface area contributed by atoms with Gasteiger partial charge in [0.05, 0.1) is 6.10 Å². The lowest BCUT2D eigenvalue weighted by atomic mass is 10.0. The molecule has 0 fully saturated rings. The second kappa shape index (κ2) is 10.4. The Hall–Kier alpha value is -1.11. The molecule has 0 aliphatic carbocycles. The third-order valence-corrected chi connectivity index (χ3v) is 6.09. The lowest BCUT2D eigenvalue weighted by Gasteiger charge is -2.25. The Kier molecular flexibility index (Phi) is 7.97. The van der Waals surface area contributed by atoms with Gasteiger partial charge in [0.2, 0.25) is 0 Å². The van der Waals surface area contributed by atoms with E-state index in [0.717, 1.165) is 56.6 Å². The summed E-state index contributed by atoms with van der Waals surface area (Å²) >= 11 is 7.90. The molecule has 1 aliphatic rings. The molecule has 4 nitrogen and oxygen atoms in total. The number of halogens is 1. The first-order valence-electron chi connectivity index (χ1n) is 9.64. The van der Waals surface area contributed by atoms with Crippen LogP contribution in [0.15, 0.2) is 35.7 Å². The van der Waals surface area contributed by atoms with Crippen LogP contribution in [-0.4, -0.2) is 47.0 Å². The van der Waals surface area contributed by atoms with Crippen molar-refractivity contribution in [3.63, 3.8) is 0 Å². The van der Waals surface area contributed by atoms with Crippen molar-refractivity contribution in [2.75, 3.05) is 19.7 Å². The molecule has 2 atom stereocenters. The number of aliphatic hydroxyl groups excluding tert-OH is 2. The summed E-state index contributed by atoms with van der Waals surface area (Å²) in [5, 5.41) is 23.4. The Morgan fingerprint density at radius 3 is 2.81 bits per heavy atom. The van der Waals surface area contributed by atoms with Gasteiger partial charge in [-0.15, -0.1) is 11.3 Å². The highest BCUT2D eigenvalue weighted by atomic mass is 35.5. The van der Waals surface area contributed by atoms with Crippen molar-refractivity contribution in [3.8, 4) is 5.75 Å². The minimum Gasteiger partial charge on any atom is -0.491 e. The van der Waals surface area contributed by atoms with Crippen LogP contribution in [-0.2, 0) is 13.0 Å². The molecule has 2 aromatic rings. The Labute approximate surface area is 170 Å². The topological polar surface area (TPSA) is 52.9 Å². The minimum absolute atomic E-state index is 0.0841. The average molecular weight is 410 g/mol. The fourth-order valence-electron chi connectivity index (χ4n) is 3.40. The lowest BCUT2D eigenvalue weighted by Crippen LogP contribution is -2.36. The average Bonchev–Trinajstić information content (AvgIpc) is 3.16. The Balaban J connectivity index is 1.66. The number of rotatable bonds is 2. The number of hydrogen-bond donors (Lipinski definition) is 2. The molecule has 6 heteroatoms. The van der Waals surface area contributed by atoms with Gasteiger partial charge in [-0.25, -0.2) is 0 Å². The molecule has 1 aromatic carbocycles. The molecule has 0 unspecified atom stereocenters. The monoisotopic (exact) mass is 409 g/mol. The van der Waals surface area contributed by atoms with Crippen LogP contribution in [0.4, 0.5) is 0 Å². The van der Waals surface area contributed by atoms with E-state index in [4.69, 9.17) is 16.3 Å². The van der Waals surface area contributed by atoms with E-state index >= 15 is 0 Å². The molecule has 0 saturated carbocycles. The number of hydrogen-bond acceptors (Lipinski definition) is 5. The molecule has 0 amide bonds. The maximum atomic E-state index is 10.3. The van der Waals surface area contributed by atoms with Crippen LogP contribution in [0.3, 0.4) is 0 Å². The normalized spacial score (nSPS) is 23.2. The second-order valence-electron chi connectivity index (χ2n) is 7.15. The summed E-state index contributed by atoms with van der Waals surface area (Å²) in [4.78, 5) is 3.71. The third kappa shape index (κ3) is 6.47. The second-order valence-corrected chi connectivity index (χ2v) is 8.62. The number of ether oxygens (including phenoxy) is 1. The third-order valence-electron chi connectivity index (χ3n) is 5.00. The van der Waals surface area contributed by atoms with Crippen LogP contribution in [0.5, 0.6) is 5.75 Å². The molecule has 0 radical (unpaired) electrons. The molecule has 148 valence electrons. The van der Waals surface area contributed by atoms with Crippen LogP contribution < -0.4 is 4.74 Å². The summed E-state index contributed by atoms with van der Waals surface area (Å²) < 4.78 is 5.80. The molecule has 1 aliphatic heterocycles. The van der Waals surface area contributed by atoms with Crippen LogP contribution in [0, 0.1) is 0 Å². The first-order chi connectivity index (χ1) is 13.1. The smallest absolute Gasteiger partial charge is 0.122 e. The van der Waals surface area contributed by atoms with E-state index < -0.39 is 12.2 Å². The van der Waals surface area contributed by atoms with Gasteiger partial charge in [0, 0.05) is 23.0 Å². The van der Waals surface area contributed by atoms with Gasteiger partial charge in [-0.1, -0.05) is 24.1 Å². The van der Waals surface area contributed by atoms with Gasteiger partial charge < -0.3 is 14.9 Å². The van der Waals surface area contributed by atoms with E-state index in [-0.39, 0.29) is 6.61 Å². The number of nitrogens with zero attached hydrogens (tertiary/aromatic N) is 1. The zero-order valence-electron chi connectivity index (χ0n) is 15.5. The summed E-state index contributed by atoms with van der Waals surface area (Å²) in [6, 6.07) is 9.81. The summed E-state index contributed by atoms with van der Waals surface area (Å²) in [5.74, 6) is 0.752. The zero-order chi connectivity index (χ0) is 19.1. The van der Waals surface area contributed by atoms with Crippen molar-refractivity contribution in [1.29, 1.82) is 0 Å². The fourth-order valence-corrected chi connectivity index (χ4v) is 4.34. The van der Waals surface area contributed by atoms with Crippen molar-refractivity contribution in [2.24, 2.45) is 0 Å². The molecule has 27 heavy (non-hydrogen) atoms. The Morgan fingerprint density at radius 2 is 2.00 bits per heavy atom. The van der Waals surface area contributed by atoms with Crippen molar-refractivity contribution < 1.29 is 14.9 Å². The fraction of sp³-hybridized carbons (Fsp3) is 0.524. The maximum Gasteiger partial charge on any atom is 0.122 e. The van der Waals surface area contributed by atoms with Gasteiger partial charge >= 0.3 is 0 Å². The summed E-state index contributed by atoms with van der Waals surface area (Å²) in [7, 11) is 0. The standard InChI is InChI=1S/C21H28ClNO3S/c22-17-7-8-21-16(13-17)5-2-1-3-10-23(14-18-6-4-12-27-18)11-9-19(24)20(25)15-26-21/h4,6-8,12-13,19-20,24-25H,1-3,5,9-11,14-15H2/t19-,20+/m0/s1. The predicted molar refractivity (Wildman–Crippen MR) is 111 cm³/mol. The summed E-state index contributed by atoms with van der Waals surface area (Å²) in [5.41, 5.74) is 1.07. The zero-order valence-corrected chi connectivity index (χ0v) is 17.1. The van der Waals surface area contributed by atoms with Crippen LogP contribution >= 0.6 is 22.9 Å².